The van der Waals surface area contributed by atoms with E-state index >= 15 is 0 Å². The van der Waals surface area contributed by atoms with Crippen LogP contribution in [0.2, 0.25) is 0 Å². The molecule has 15 heavy (non-hydrogen) atoms. The molecule has 0 aromatic rings. The highest BCUT2D eigenvalue weighted by Crippen LogP contribution is 2.61. The van der Waals surface area contributed by atoms with Gasteiger partial charge in [-0.2, -0.15) is 0 Å². The Kier molecular flexibility index (Phi) is 2.08. The highest BCUT2D eigenvalue weighted by atomic mass is 16.4. The van der Waals surface area contributed by atoms with Crippen molar-refractivity contribution in [2.45, 2.75) is 51.9 Å². The molecular weight excluding hydrogens is 186 g/mol. The second-order valence-electron chi connectivity index (χ2n) is 6.43. The number of nitrogens with zero attached hydrogens (tertiary/aromatic N) is 1. The van der Waals surface area contributed by atoms with E-state index in [-0.39, 0.29) is 0 Å². The molecule has 0 radical (unpaired) electrons. The summed E-state index contributed by atoms with van der Waals surface area (Å²) in [4.78, 5) is 0. The summed E-state index contributed by atoms with van der Waals surface area (Å²) in [6, 6.07) is 0. The van der Waals surface area contributed by atoms with Crippen molar-refractivity contribution in [3.63, 3.8) is 0 Å². The molecule has 0 aromatic carbocycles. The van der Waals surface area contributed by atoms with Gasteiger partial charge >= 0.3 is 0 Å². The zero-order valence-corrected chi connectivity index (χ0v) is 9.58. The van der Waals surface area contributed by atoms with Crippen LogP contribution in [0.1, 0.15) is 51.9 Å². The monoisotopic (exact) mass is 207 g/mol. The third-order valence-corrected chi connectivity index (χ3v) is 4.97. The van der Waals surface area contributed by atoms with E-state index in [2.05, 4.69) is 5.16 Å². The van der Waals surface area contributed by atoms with Gasteiger partial charge in [-0.3, -0.25) is 0 Å². The zero-order valence-electron chi connectivity index (χ0n) is 9.58. The van der Waals surface area contributed by atoms with Crippen molar-refractivity contribution in [3.05, 3.63) is 0 Å². The maximum atomic E-state index is 8.82. The van der Waals surface area contributed by atoms with Gasteiger partial charge in [-0.05, 0) is 75.0 Å². The van der Waals surface area contributed by atoms with Crippen LogP contribution in [0.5, 0.6) is 0 Å². The Bertz CT molecular complexity index is 260. The Balaban J connectivity index is 1.81. The third kappa shape index (κ3) is 1.58. The molecule has 0 saturated heterocycles. The van der Waals surface area contributed by atoms with E-state index in [4.69, 9.17) is 5.21 Å². The maximum Gasteiger partial charge on any atom is 0.0545 e. The summed E-state index contributed by atoms with van der Waals surface area (Å²) in [5.74, 6) is 3.01. The van der Waals surface area contributed by atoms with Crippen molar-refractivity contribution in [3.8, 4) is 0 Å². The smallest absolute Gasteiger partial charge is 0.0545 e. The van der Waals surface area contributed by atoms with Gasteiger partial charge in [0.2, 0.25) is 0 Å². The van der Waals surface area contributed by atoms with E-state index < -0.39 is 0 Å². The minimum absolute atomic E-state index is 0.533. The van der Waals surface area contributed by atoms with Crippen LogP contribution in [-0.2, 0) is 0 Å². The van der Waals surface area contributed by atoms with Gasteiger partial charge in [0, 0.05) is 0 Å². The molecule has 0 aromatic heterocycles. The molecule has 4 aliphatic carbocycles. The predicted molar refractivity (Wildman–Crippen MR) is 60.1 cm³/mol. The fraction of sp³-hybridized carbons (Fsp3) is 0.923. The number of hydrogen-bond donors (Lipinski definition) is 1. The molecular formula is C13H21NO. The Labute approximate surface area is 91.7 Å². The second-order valence-corrected chi connectivity index (χ2v) is 6.43. The lowest BCUT2D eigenvalue weighted by molar-refractivity contribution is -0.0484. The largest absolute Gasteiger partial charge is 0.411 e. The summed E-state index contributed by atoms with van der Waals surface area (Å²) in [6.45, 7) is 1.97. The summed E-state index contributed by atoms with van der Waals surface area (Å²) < 4.78 is 0. The Hall–Kier alpha value is -0.530. The molecule has 0 aliphatic heterocycles. The fourth-order valence-corrected chi connectivity index (χ4v) is 5.08. The van der Waals surface area contributed by atoms with Crippen LogP contribution >= 0.6 is 0 Å². The van der Waals surface area contributed by atoms with Crippen LogP contribution < -0.4 is 0 Å². The molecule has 84 valence electrons. The first-order valence-corrected chi connectivity index (χ1v) is 6.37. The molecule has 0 atom stereocenters. The van der Waals surface area contributed by atoms with Crippen molar-refractivity contribution in [2.24, 2.45) is 28.3 Å². The normalized spacial score (nSPS) is 48.6. The lowest BCUT2D eigenvalue weighted by Crippen LogP contribution is -2.46. The molecule has 4 aliphatic rings. The van der Waals surface area contributed by atoms with Crippen molar-refractivity contribution in [2.75, 3.05) is 0 Å². The van der Waals surface area contributed by atoms with Crippen molar-refractivity contribution >= 4 is 5.71 Å². The van der Waals surface area contributed by atoms with Gasteiger partial charge in [0.25, 0.3) is 0 Å². The Morgan fingerprint density at radius 1 is 1.13 bits per heavy atom. The fourth-order valence-electron chi connectivity index (χ4n) is 5.08. The maximum absolute atomic E-state index is 8.82. The molecule has 4 saturated carbocycles. The van der Waals surface area contributed by atoms with Gasteiger partial charge in [-0.15, -0.1) is 0 Å². The number of hydrogen-bond acceptors (Lipinski definition) is 2. The van der Waals surface area contributed by atoms with E-state index in [1.54, 1.807) is 0 Å². The van der Waals surface area contributed by atoms with E-state index in [1.165, 1.54) is 38.5 Å². The highest BCUT2D eigenvalue weighted by molar-refractivity contribution is 5.82. The molecule has 4 fully saturated rings. The quantitative estimate of drug-likeness (QED) is 0.420. The van der Waals surface area contributed by atoms with E-state index in [9.17, 15) is 0 Å². The zero-order chi connectivity index (χ0) is 10.5. The van der Waals surface area contributed by atoms with Crippen LogP contribution in [0.15, 0.2) is 5.16 Å². The van der Waals surface area contributed by atoms with E-state index in [0.717, 1.165) is 29.9 Å². The molecule has 1 N–H and O–H groups in total. The Morgan fingerprint density at radius 3 is 2.00 bits per heavy atom. The lowest BCUT2D eigenvalue weighted by Gasteiger charge is -2.57. The SMILES string of the molecule is CC(CC12CC3CC(CC(C3)C1)C2)=NO. The first kappa shape index (κ1) is 9.68. The lowest BCUT2D eigenvalue weighted by atomic mass is 9.48. The van der Waals surface area contributed by atoms with Crippen LogP contribution in [0.4, 0.5) is 0 Å². The van der Waals surface area contributed by atoms with Crippen molar-refractivity contribution < 1.29 is 5.21 Å². The van der Waals surface area contributed by atoms with Crippen LogP contribution in [0.3, 0.4) is 0 Å². The molecule has 0 heterocycles. The van der Waals surface area contributed by atoms with Gasteiger partial charge in [0.1, 0.15) is 0 Å². The van der Waals surface area contributed by atoms with Crippen LogP contribution in [0.25, 0.3) is 0 Å². The van der Waals surface area contributed by atoms with Gasteiger partial charge in [-0.1, -0.05) is 5.16 Å². The number of rotatable bonds is 2. The van der Waals surface area contributed by atoms with E-state index in [0.29, 0.717) is 5.41 Å². The van der Waals surface area contributed by atoms with Crippen molar-refractivity contribution in [1.82, 2.24) is 0 Å². The Morgan fingerprint density at radius 2 is 1.60 bits per heavy atom. The summed E-state index contributed by atoms with van der Waals surface area (Å²) in [5, 5.41) is 12.2. The molecule has 4 bridgehead atoms. The second kappa shape index (κ2) is 3.23. The average molecular weight is 207 g/mol. The highest BCUT2D eigenvalue weighted by Gasteiger charge is 2.50. The average Bonchev–Trinajstić information content (AvgIpc) is 2.14. The minimum atomic E-state index is 0.533. The summed E-state index contributed by atoms with van der Waals surface area (Å²) in [6.07, 6.45) is 9.76. The first-order chi connectivity index (χ1) is 7.19. The van der Waals surface area contributed by atoms with Crippen LogP contribution in [0, 0.1) is 23.2 Å². The number of oxime groups is 1. The molecule has 0 amide bonds. The van der Waals surface area contributed by atoms with Gasteiger partial charge in [0.05, 0.1) is 5.71 Å². The molecule has 2 heteroatoms. The predicted octanol–water partition coefficient (Wildman–Crippen LogP) is 3.44. The molecule has 4 rings (SSSR count). The van der Waals surface area contributed by atoms with Gasteiger partial charge < -0.3 is 5.21 Å². The standard InChI is InChI=1S/C13H21NO/c1-9(14-15)5-13-6-10-2-11(7-13)4-12(3-10)8-13/h10-12,15H,2-8H2,1H3. The molecule has 2 nitrogen and oxygen atoms in total. The van der Waals surface area contributed by atoms with Gasteiger partial charge in [-0.25, -0.2) is 0 Å². The summed E-state index contributed by atoms with van der Waals surface area (Å²) in [7, 11) is 0. The topological polar surface area (TPSA) is 32.6 Å². The molecule has 0 spiro atoms. The summed E-state index contributed by atoms with van der Waals surface area (Å²) >= 11 is 0. The van der Waals surface area contributed by atoms with E-state index in [1.807, 2.05) is 6.92 Å². The van der Waals surface area contributed by atoms with Crippen LogP contribution in [-0.4, -0.2) is 10.9 Å². The first-order valence-electron chi connectivity index (χ1n) is 6.37. The van der Waals surface area contributed by atoms with Gasteiger partial charge in [0.15, 0.2) is 0 Å². The minimum Gasteiger partial charge on any atom is -0.411 e. The summed E-state index contributed by atoms with van der Waals surface area (Å²) in [5.41, 5.74) is 1.47. The van der Waals surface area contributed by atoms with Crippen molar-refractivity contribution in [1.29, 1.82) is 0 Å². The molecule has 0 unspecified atom stereocenters. The third-order valence-electron chi connectivity index (χ3n) is 4.97.